The van der Waals surface area contributed by atoms with Crippen LogP contribution in [0.1, 0.15) is 50.5 Å². The highest BCUT2D eigenvalue weighted by atomic mass is 16.3. The molecule has 1 heterocycles. The van der Waals surface area contributed by atoms with E-state index in [0.717, 1.165) is 45.1 Å². The Kier molecular flexibility index (Phi) is 7.75. The van der Waals surface area contributed by atoms with Gasteiger partial charge in [-0.2, -0.15) is 0 Å². The van der Waals surface area contributed by atoms with E-state index in [1.165, 1.54) is 18.4 Å². The van der Waals surface area contributed by atoms with Crippen molar-refractivity contribution in [2.45, 2.75) is 64.0 Å². The van der Waals surface area contributed by atoms with Gasteiger partial charge >= 0.3 is 0 Å². The van der Waals surface area contributed by atoms with Crippen molar-refractivity contribution in [1.82, 2.24) is 9.55 Å². The third-order valence-corrected chi connectivity index (χ3v) is 4.11. The molecule has 0 aliphatic carbocycles. The van der Waals surface area contributed by atoms with Crippen molar-refractivity contribution in [2.24, 2.45) is 0 Å². The first-order chi connectivity index (χ1) is 10.8. The number of aryl methyl sites for hydroxylation is 2. The van der Waals surface area contributed by atoms with Gasteiger partial charge in [-0.25, -0.2) is 4.98 Å². The summed E-state index contributed by atoms with van der Waals surface area (Å²) in [5.74, 6) is 0. The van der Waals surface area contributed by atoms with E-state index in [0.29, 0.717) is 0 Å². The zero-order chi connectivity index (χ0) is 15.5. The zero-order valence-electron chi connectivity index (χ0n) is 13.4. The molecule has 3 nitrogen and oxygen atoms in total. The highest BCUT2D eigenvalue weighted by Crippen LogP contribution is 2.12. The van der Waals surface area contributed by atoms with Crippen molar-refractivity contribution in [3.63, 3.8) is 0 Å². The van der Waals surface area contributed by atoms with Crippen LogP contribution in [0.4, 0.5) is 0 Å². The minimum absolute atomic E-state index is 0.121. The van der Waals surface area contributed by atoms with Crippen LogP contribution in [-0.4, -0.2) is 20.8 Å². The average molecular weight is 300 g/mol. The Morgan fingerprint density at radius 3 is 2.45 bits per heavy atom. The molecule has 1 atom stereocenters. The highest BCUT2D eigenvalue weighted by Gasteiger charge is 2.04. The van der Waals surface area contributed by atoms with Gasteiger partial charge in [0, 0.05) is 18.9 Å². The van der Waals surface area contributed by atoms with Crippen LogP contribution < -0.4 is 0 Å². The molecule has 22 heavy (non-hydrogen) atoms. The summed E-state index contributed by atoms with van der Waals surface area (Å²) in [4.78, 5) is 4.04. The van der Waals surface area contributed by atoms with Gasteiger partial charge in [0.2, 0.25) is 0 Å². The molecule has 0 spiro atoms. The van der Waals surface area contributed by atoms with Gasteiger partial charge in [-0.1, -0.05) is 49.6 Å². The molecule has 0 amide bonds. The summed E-state index contributed by atoms with van der Waals surface area (Å²) in [6, 6.07) is 10.6. The maximum atomic E-state index is 10.0. The summed E-state index contributed by atoms with van der Waals surface area (Å²) >= 11 is 0. The van der Waals surface area contributed by atoms with Crippen LogP contribution >= 0.6 is 0 Å². The Bertz CT molecular complexity index is 481. The molecule has 3 heteroatoms. The predicted octanol–water partition coefficient (Wildman–Crippen LogP) is 4.22. The minimum Gasteiger partial charge on any atom is -0.393 e. The smallest absolute Gasteiger partial charge is 0.0945 e. The summed E-state index contributed by atoms with van der Waals surface area (Å²) in [7, 11) is 0. The highest BCUT2D eigenvalue weighted by molar-refractivity contribution is 5.14. The van der Waals surface area contributed by atoms with Gasteiger partial charge in [0.05, 0.1) is 12.4 Å². The van der Waals surface area contributed by atoms with Gasteiger partial charge in [-0.15, -0.1) is 0 Å². The SMILES string of the molecule is OC(CCCCCn1ccnc1)CCCCc1ccccc1. The number of rotatable bonds is 11. The lowest BCUT2D eigenvalue weighted by molar-refractivity contribution is 0.147. The lowest BCUT2D eigenvalue weighted by atomic mass is 10.0. The number of unbranched alkanes of at least 4 members (excludes halogenated alkanes) is 3. The maximum absolute atomic E-state index is 10.0. The largest absolute Gasteiger partial charge is 0.393 e. The van der Waals surface area contributed by atoms with Crippen molar-refractivity contribution >= 4 is 0 Å². The van der Waals surface area contributed by atoms with Crippen LogP contribution in [0.15, 0.2) is 49.1 Å². The van der Waals surface area contributed by atoms with Crippen molar-refractivity contribution in [1.29, 1.82) is 0 Å². The molecular weight excluding hydrogens is 272 g/mol. The number of nitrogens with zero attached hydrogens (tertiary/aromatic N) is 2. The second kappa shape index (κ2) is 10.2. The minimum atomic E-state index is -0.121. The normalized spacial score (nSPS) is 12.4. The maximum Gasteiger partial charge on any atom is 0.0945 e. The number of imidazole rings is 1. The van der Waals surface area contributed by atoms with Crippen molar-refractivity contribution in [3.05, 3.63) is 54.6 Å². The molecule has 120 valence electrons. The van der Waals surface area contributed by atoms with Crippen LogP contribution in [-0.2, 0) is 13.0 Å². The van der Waals surface area contributed by atoms with Crippen LogP contribution in [0.5, 0.6) is 0 Å². The number of hydrogen-bond donors (Lipinski definition) is 1. The summed E-state index contributed by atoms with van der Waals surface area (Å²) < 4.78 is 2.11. The van der Waals surface area contributed by atoms with Gasteiger partial charge in [-0.05, 0) is 37.7 Å². The Labute approximate surface area is 134 Å². The third kappa shape index (κ3) is 6.90. The van der Waals surface area contributed by atoms with Crippen LogP contribution in [0.3, 0.4) is 0 Å². The molecular formula is C19H28N2O. The first kappa shape index (κ1) is 16.8. The van der Waals surface area contributed by atoms with Crippen LogP contribution in [0.25, 0.3) is 0 Å². The third-order valence-electron chi connectivity index (χ3n) is 4.11. The van der Waals surface area contributed by atoms with E-state index in [1.54, 1.807) is 0 Å². The summed E-state index contributed by atoms with van der Waals surface area (Å²) in [6.07, 6.45) is 14.3. The van der Waals surface area contributed by atoms with Gasteiger partial charge in [0.1, 0.15) is 0 Å². The zero-order valence-corrected chi connectivity index (χ0v) is 13.4. The molecule has 2 aromatic rings. The lowest BCUT2D eigenvalue weighted by Gasteiger charge is -2.10. The predicted molar refractivity (Wildman–Crippen MR) is 90.7 cm³/mol. The fourth-order valence-corrected chi connectivity index (χ4v) is 2.77. The van der Waals surface area contributed by atoms with Crippen molar-refractivity contribution < 1.29 is 5.11 Å². The topological polar surface area (TPSA) is 38.0 Å². The van der Waals surface area contributed by atoms with Gasteiger partial charge in [0.15, 0.2) is 0 Å². The summed E-state index contributed by atoms with van der Waals surface area (Å²) in [5, 5.41) is 10.0. The number of aromatic nitrogens is 2. The molecule has 2 rings (SSSR count). The van der Waals surface area contributed by atoms with E-state index in [2.05, 4.69) is 39.9 Å². The fraction of sp³-hybridized carbons (Fsp3) is 0.526. The fourth-order valence-electron chi connectivity index (χ4n) is 2.77. The Hall–Kier alpha value is -1.61. The molecule has 1 N–H and O–H groups in total. The van der Waals surface area contributed by atoms with Crippen molar-refractivity contribution in [3.8, 4) is 0 Å². The monoisotopic (exact) mass is 300 g/mol. The molecule has 0 bridgehead atoms. The van der Waals surface area contributed by atoms with Gasteiger partial charge in [-0.3, -0.25) is 0 Å². The molecule has 0 aliphatic rings. The molecule has 0 saturated carbocycles. The molecule has 0 fully saturated rings. The first-order valence-electron chi connectivity index (χ1n) is 8.52. The van der Waals surface area contributed by atoms with Gasteiger partial charge in [0.25, 0.3) is 0 Å². The van der Waals surface area contributed by atoms with E-state index in [9.17, 15) is 5.11 Å². The molecule has 0 radical (unpaired) electrons. The van der Waals surface area contributed by atoms with E-state index >= 15 is 0 Å². The van der Waals surface area contributed by atoms with Crippen LogP contribution in [0, 0.1) is 0 Å². The molecule has 1 unspecified atom stereocenters. The first-order valence-corrected chi connectivity index (χ1v) is 8.52. The van der Waals surface area contributed by atoms with Crippen molar-refractivity contribution in [2.75, 3.05) is 0 Å². The summed E-state index contributed by atoms with van der Waals surface area (Å²) in [5.41, 5.74) is 1.40. The average Bonchev–Trinajstić information content (AvgIpc) is 3.06. The van der Waals surface area contributed by atoms with E-state index in [4.69, 9.17) is 0 Å². The Morgan fingerprint density at radius 2 is 1.73 bits per heavy atom. The lowest BCUT2D eigenvalue weighted by Crippen LogP contribution is -2.06. The molecule has 0 aliphatic heterocycles. The van der Waals surface area contributed by atoms with Crippen LogP contribution in [0.2, 0.25) is 0 Å². The number of aliphatic hydroxyl groups is 1. The molecule has 0 saturated heterocycles. The molecule has 1 aromatic carbocycles. The Morgan fingerprint density at radius 1 is 0.955 bits per heavy atom. The second-order valence-corrected chi connectivity index (χ2v) is 6.04. The Balaban J connectivity index is 1.43. The van der Waals surface area contributed by atoms with E-state index in [1.807, 2.05) is 18.7 Å². The number of benzene rings is 1. The van der Waals surface area contributed by atoms with E-state index in [-0.39, 0.29) is 6.10 Å². The second-order valence-electron chi connectivity index (χ2n) is 6.04. The van der Waals surface area contributed by atoms with E-state index < -0.39 is 0 Å². The summed E-state index contributed by atoms with van der Waals surface area (Å²) in [6.45, 7) is 1.03. The quantitative estimate of drug-likeness (QED) is 0.631. The molecule has 1 aromatic heterocycles. The van der Waals surface area contributed by atoms with Gasteiger partial charge < -0.3 is 9.67 Å². The number of aliphatic hydroxyl groups excluding tert-OH is 1. The number of hydrogen-bond acceptors (Lipinski definition) is 2. The standard InChI is InChI=1S/C19H28N2O/c22-19(12-5-2-8-15-21-16-14-20-17-21)13-7-6-11-18-9-3-1-4-10-18/h1,3-4,9-10,14,16-17,19,22H,2,5-8,11-13,15H2.